The summed E-state index contributed by atoms with van der Waals surface area (Å²) in [6.07, 6.45) is 1.35. The normalized spacial score (nSPS) is 11.2. The number of nitrogens with two attached hydrogens (primary N) is 1. The van der Waals surface area contributed by atoms with Gasteiger partial charge in [0.15, 0.2) is 0 Å². The summed E-state index contributed by atoms with van der Waals surface area (Å²) in [5.41, 5.74) is 5.83. The Morgan fingerprint density at radius 3 is 2.94 bits per heavy atom. The number of nitrogen functional groups attached to an aromatic ring is 1. The smallest absolute Gasteiger partial charge is 0.263 e. The van der Waals surface area contributed by atoms with Gasteiger partial charge in [-0.05, 0) is 38.5 Å². The van der Waals surface area contributed by atoms with Gasteiger partial charge in [-0.2, -0.15) is 5.10 Å². The Bertz CT molecular complexity index is 583. The van der Waals surface area contributed by atoms with Crippen molar-refractivity contribution < 1.29 is 5.11 Å². The summed E-state index contributed by atoms with van der Waals surface area (Å²) in [5.74, 6) is 0.0617. The number of anilines is 1. The third kappa shape index (κ3) is 2.53. The Labute approximate surface area is 109 Å². The minimum atomic E-state index is 0.0183. The second kappa shape index (κ2) is 4.68. The fourth-order valence-corrected chi connectivity index (χ4v) is 1.91. The first kappa shape index (κ1) is 11.8. The average molecular weight is 318 g/mol. The summed E-state index contributed by atoms with van der Waals surface area (Å²) in [5, 5.41) is 24.3. The van der Waals surface area contributed by atoms with E-state index in [2.05, 4.69) is 36.6 Å². The summed E-state index contributed by atoms with van der Waals surface area (Å²) < 4.78 is 0.469. The van der Waals surface area contributed by atoms with Crippen LogP contribution in [0.3, 0.4) is 0 Å². The Morgan fingerprint density at radius 1 is 1.53 bits per heavy atom. The van der Waals surface area contributed by atoms with Crippen LogP contribution in [-0.4, -0.2) is 31.6 Å². The van der Waals surface area contributed by atoms with E-state index in [9.17, 15) is 5.11 Å². The van der Waals surface area contributed by atoms with Crippen LogP contribution in [0.15, 0.2) is 21.7 Å². The molecule has 0 atom stereocenters. The fraction of sp³-hybridized carbons (Fsp3) is 0. The van der Waals surface area contributed by atoms with Crippen LogP contribution in [-0.2, 0) is 0 Å². The summed E-state index contributed by atoms with van der Waals surface area (Å²) in [6.45, 7) is 0. The number of hydrogen-bond acceptors (Lipinski definition) is 6. The minimum Gasteiger partial charge on any atom is -0.506 e. The molecule has 0 saturated heterocycles. The number of aromatic hydroxyl groups is 1. The van der Waals surface area contributed by atoms with Gasteiger partial charge >= 0.3 is 0 Å². The summed E-state index contributed by atoms with van der Waals surface area (Å²) in [6, 6.07) is 3.12. The van der Waals surface area contributed by atoms with Gasteiger partial charge in [0, 0.05) is 10.6 Å². The summed E-state index contributed by atoms with van der Waals surface area (Å²) in [7, 11) is 0. The van der Waals surface area contributed by atoms with Gasteiger partial charge in [0.05, 0.1) is 10.7 Å². The maximum Gasteiger partial charge on any atom is 0.263 e. The molecule has 17 heavy (non-hydrogen) atoms. The van der Waals surface area contributed by atoms with E-state index in [1.807, 2.05) is 0 Å². The Morgan fingerprint density at radius 2 is 2.29 bits per heavy atom. The van der Waals surface area contributed by atoms with Crippen molar-refractivity contribution in [2.24, 2.45) is 5.10 Å². The molecule has 0 aliphatic heterocycles. The molecule has 1 aromatic carbocycles. The second-order valence-corrected chi connectivity index (χ2v) is 4.29. The lowest BCUT2D eigenvalue weighted by Crippen LogP contribution is -1.99. The predicted molar refractivity (Wildman–Crippen MR) is 66.0 cm³/mol. The topological polar surface area (TPSA) is 102 Å². The highest BCUT2D eigenvalue weighted by atomic mass is 79.9. The third-order valence-electron chi connectivity index (χ3n) is 1.84. The van der Waals surface area contributed by atoms with Crippen LogP contribution < -0.4 is 5.73 Å². The van der Waals surface area contributed by atoms with E-state index in [1.165, 1.54) is 6.21 Å². The molecule has 0 aliphatic carbocycles. The predicted octanol–water partition coefficient (Wildman–Crippen LogP) is 1.26. The largest absolute Gasteiger partial charge is 0.506 e. The van der Waals surface area contributed by atoms with E-state index in [0.717, 1.165) is 4.79 Å². The first-order valence-electron chi connectivity index (χ1n) is 4.34. The Hall–Kier alpha value is -1.67. The van der Waals surface area contributed by atoms with Gasteiger partial charge in [-0.25, -0.2) is 0 Å². The molecular weight excluding hydrogens is 311 g/mol. The maximum atomic E-state index is 9.73. The number of halogens is 2. The molecule has 0 fully saturated rings. The summed E-state index contributed by atoms with van der Waals surface area (Å²) in [4.78, 5) is 1.02. The van der Waals surface area contributed by atoms with Crippen LogP contribution in [0.4, 0.5) is 5.95 Å². The van der Waals surface area contributed by atoms with Crippen LogP contribution in [0.1, 0.15) is 5.56 Å². The minimum absolute atomic E-state index is 0.0183. The third-order valence-corrected chi connectivity index (χ3v) is 2.66. The number of phenols is 1. The van der Waals surface area contributed by atoms with Crippen molar-refractivity contribution in [2.45, 2.75) is 0 Å². The van der Waals surface area contributed by atoms with Gasteiger partial charge in [-0.3, -0.25) is 0 Å². The maximum absolute atomic E-state index is 9.73. The molecule has 0 unspecified atom stereocenters. The molecule has 2 rings (SSSR count). The summed E-state index contributed by atoms with van der Waals surface area (Å²) >= 11 is 9.00. The van der Waals surface area contributed by atoms with Crippen molar-refractivity contribution in [3.8, 4) is 5.75 Å². The molecule has 88 valence electrons. The monoisotopic (exact) mass is 316 g/mol. The average Bonchev–Trinajstić information content (AvgIpc) is 2.67. The van der Waals surface area contributed by atoms with E-state index in [-0.39, 0.29) is 11.7 Å². The number of rotatable bonds is 2. The second-order valence-electron chi connectivity index (χ2n) is 3.00. The number of phenolic OH excluding ortho intramolecular Hbond substituents is 1. The highest BCUT2D eigenvalue weighted by molar-refractivity contribution is 9.10. The molecule has 0 spiro atoms. The molecule has 0 radical (unpaired) electrons. The number of hydrogen-bond donors (Lipinski definition) is 2. The van der Waals surface area contributed by atoms with Gasteiger partial charge in [0.1, 0.15) is 5.75 Å². The first-order valence-corrected chi connectivity index (χ1v) is 5.51. The van der Waals surface area contributed by atoms with Crippen molar-refractivity contribution in [3.05, 3.63) is 27.2 Å². The quantitative estimate of drug-likeness (QED) is 0.812. The standard InChI is InChI=1S/C8H6BrClN6O/c9-6-2-5(10)1-4(7(6)17)3-12-16-8(11)13-14-15-16/h1-3,17H,(H2,11,13,15)/b12-3+. The Balaban J connectivity index is 2.37. The van der Waals surface area contributed by atoms with Crippen LogP contribution in [0, 0.1) is 0 Å². The van der Waals surface area contributed by atoms with Crippen molar-refractivity contribution >= 4 is 39.7 Å². The highest BCUT2D eigenvalue weighted by Crippen LogP contribution is 2.30. The zero-order valence-corrected chi connectivity index (χ0v) is 10.6. The van der Waals surface area contributed by atoms with Crippen molar-refractivity contribution in [1.29, 1.82) is 0 Å². The molecular formula is C8H6BrClN6O. The first-order chi connectivity index (χ1) is 8.08. The Kier molecular flexibility index (Phi) is 3.25. The molecule has 7 nitrogen and oxygen atoms in total. The molecule has 2 aromatic rings. The van der Waals surface area contributed by atoms with Crippen LogP contribution >= 0.6 is 27.5 Å². The SMILES string of the molecule is Nc1nnnn1/N=C/c1cc(Cl)cc(Br)c1O. The molecule has 1 aromatic heterocycles. The van der Waals surface area contributed by atoms with Crippen molar-refractivity contribution in [3.63, 3.8) is 0 Å². The number of aromatic nitrogens is 4. The van der Waals surface area contributed by atoms with Gasteiger partial charge in [0.2, 0.25) is 0 Å². The van der Waals surface area contributed by atoms with Gasteiger partial charge in [-0.15, -0.1) is 0 Å². The molecule has 0 saturated carbocycles. The molecule has 0 amide bonds. The lowest BCUT2D eigenvalue weighted by Gasteiger charge is -2.02. The zero-order valence-electron chi connectivity index (χ0n) is 8.25. The number of tetrazole rings is 1. The van der Waals surface area contributed by atoms with E-state index < -0.39 is 0 Å². The fourth-order valence-electron chi connectivity index (χ4n) is 1.07. The highest BCUT2D eigenvalue weighted by Gasteiger charge is 2.06. The zero-order chi connectivity index (χ0) is 12.4. The molecule has 1 heterocycles. The van der Waals surface area contributed by atoms with E-state index in [4.69, 9.17) is 17.3 Å². The van der Waals surface area contributed by atoms with E-state index in [1.54, 1.807) is 12.1 Å². The number of benzene rings is 1. The lowest BCUT2D eigenvalue weighted by molar-refractivity contribution is 0.471. The van der Waals surface area contributed by atoms with E-state index in [0.29, 0.717) is 15.1 Å². The van der Waals surface area contributed by atoms with Crippen molar-refractivity contribution in [1.82, 2.24) is 20.3 Å². The van der Waals surface area contributed by atoms with Crippen molar-refractivity contribution in [2.75, 3.05) is 5.73 Å². The number of nitrogens with zero attached hydrogens (tertiary/aromatic N) is 5. The molecule has 0 aliphatic rings. The van der Waals surface area contributed by atoms with Gasteiger partial charge in [0.25, 0.3) is 5.95 Å². The van der Waals surface area contributed by atoms with E-state index >= 15 is 0 Å². The van der Waals surface area contributed by atoms with Crippen LogP contribution in [0.25, 0.3) is 0 Å². The van der Waals surface area contributed by atoms with Gasteiger partial charge < -0.3 is 10.8 Å². The molecule has 9 heteroatoms. The molecule has 3 N–H and O–H groups in total. The van der Waals surface area contributed by atoms with Crippen LogP contribution in [0.2, 0.25) is 5.02 Å². The lowest BCUT2D eigenvalue weighted by atomic mass is 10.2. The van der Waals surface area contributed by atoms with Gasteiger partial charge in [-0.1, -0.05) is 21.5 Å². The molecule has 0 bridgehead atoms. The van der Waals surface area contributed by atoms with Crippen LogP contribution in [0.5, 0.6) is 5.75 Å².